The number of ether oxygens (including phenoxy) is 1. The molecular weight excluding hydrogens is 272 g/mol. The van der Waals surface area contributed by atoms with Gasteiger partial charge >= 0.3 is 5.97 Å². The number of carbonyl (C=O) groups excluding carboxylic acids is 1. The van der Waals surface area contributed by atoms with Gasteiger partial charge in [0.1, 0.15) is 0 Å². The van der Waals surface area contributed by atoms with Gasteiger partial charge in [0.2, 0.25) is 0 Å². The molecule has 0 aromatic heterocycles. The summed E-state index contributed by atoms with van der Waals surface area (Å²) in [4.78, 5) is 11.5. The maximum Gasteiger partial charge on any atom is 0.305 e. The minimum Gasteiger partial charge on any atom is -0.469 e. The molecule has 0 radical (unpaired) electrons. The maximum absolute atomic E-state index is 11.5. The van der Waals surface area contributed by atoms with Gasteiger partial charge in [0, 0.05) is 6.42 Å². The lowest BCUT2D eigenvalue weighted by Crippen LogP contribution is -2.10. The molecule has 1 unspecified atom stereocenters. The molecule has 3 aromatic rings. The highest BCUT2D eigenvalue weighted by molar-refractivity contribution is 6.02. The van der Waals surface area contributed by atoms with Crippen LogP contribution in [0.5, 0.6) is 0 Å². The Morgan fingerprint density at radius 3 is 2.09 bits per heavy atom. The van der Waals surface area contributed by atoms with Crippen molar-refractivity contribution in [1.29, 1.82) is 0 Å². The molecule has 1 atom stereocenters. The standard InChI is InChI=1S/C20H20O2/c1-14(12-20(21)22-2)11-19-17-9-5-3-7-15(17)13-16-8-4-6-10-18(16)19/h3-10,13-14H,11-12H2,1-2H3. The van der Waals surface area contributed by atoms with Gasteiger partial charge in [-0.1, -0.05) is 55.5 Å². The molecule has 0 aliphatic heterocycles. The molecule has 112 valence electrons. The molecule has 0 amide bonds. The van der Waals surface area contributed by atoms with Crippen LogP contribution >= 0.6 is 0 Å². The Bertz CT molecular complexity index is 766. The van der Waals surface area contributed by atoms with Gasteiger partial charge in [-0.2, -0.15) is 0 Å². The van der Waals surface area contributed by atoms with Crippen LogP contribution in [0.25, 0.3) is 21.5 Å². The largest absolute Gasteiger partial charge is 0.469 e. The van der Waals surface area contributed by atoms with Crippen molar-refractivity contribution in [3.63, 3.8) is 0 Å². The van der Waals surface area contributed by atoms with E-state index in [0.29, 0.717) is 6.42 Å². The van der Waals surface area contributed by atoms with Crippen LogP contribution in [-0.2, 0) is 16.0 Å². The van der Waals surface area contributed by atoms with Crippen LogP contribution in [0.3, 0.4) is 0 Å². The van der Waals surface area contributed by atoms with Crippen LogP contribution in [0.1, 0.15) is 18.9 Å². The van der Waals surface area contributed by atoms with E-state index >= 15 is 0 Å². The van der Waals surface area contributed by atoms with Crippen molar-refractivity contribution in [2.75, 3.05) is 7.11 Å². The molecule has 22 heavy (non-hydrogen) atoms. The molecular formula is C20H20O2. The van der Waals surface area contributed by atoms with E-state index in [9.17, 15) is 4.79 Å². The monoisotopic (exact) mass is 292 g/mol. The van der Waals surface area contributed by atoms with E-state index < -0.39 is 0 Å². The molecule has 0 saturated carbocycles. The number of hydrogen-bond donors (Lipinski definition) is 0. The first-order chi connectivity index (χ1) is 10.7. The van der Waals surface area contributed by atoms with Gasteiger partial charge in [-0.05, 0) is 45.5 Å². The lowest BCUT2D eigenvalue weighted by molar-refractivity contribution is -0.141. The predicted molar refractivity (Wildman–Crippen MR) is 91.0 cm³/mol. The third-order valence-corrected chi connectivity index (χ3v) is 4.18. The minimum absolute atomic E-state index is 0.142. The lowest BCUT2D eigenvalue weighted by atomic mass is 9.89. The summed E-state index contributed by atoms with van der Waals surface area (Å²) < 4.78 is 4.79. The SMILES string of the molecule is COC(=O)CC(C)Cc1c2ccccc2cc2ccccc12. The Kier molecular flexibility index (Phi) is 4.10. The second-order valence-electron chi connectivity index (χ2n) is 5.89. The summed E-state index contributed by atoms with van der Waals surface area (Å²) in [5.41, 5.74) is 1.32. The average molecular weight is 292 g/mol. The quantitative estimate of drug-likeness (QED) is 0.513. The summed E-state index contributed by atoms with van der Waals surface area (Å²) in [5, 5.41) is 5.05. The second kappa shape index (κ2) is 6.18. The van der Waals surface area contributed by atoms with E-state index in [4.69, 9.17) is 4.74 Å². The Morgan fingerprint density at radius 2 is 1.55 bits per heavy atom. The van der Waals surface area contributed by atoms with Gasteiger partial charge in [0.05, 0.1) is 7.11 Å². The first-order valence-corrected chi connectivity index (χ1v) is 7.65. The number of carbonyl (C=O) groups is 1. The molecule has 0 saturated heterocycles. The predicted octanol–water partition coefficient (Wildman–Crippen LogP) is 4.73. The number of esters is 1. The van der Waals surface area contributed by atoms with Crippen LogP contribution in [0.4, 0.5) is 0 Å². The Morgan fingerprint density at radius 1 is 1.00 bits per heavy atom. The van der Waals surface area contributed by atoms with Gasteiger partial charge in [0.15, 0.2) is 0 Å². The zero-order chi connectivity index (χ0) is 15.5. The summed E-state index contributed by atoms with van der Waals surface area (Å²) in [6.45, 7) is 2.10. The molecule has 0 N–H and O–H groups in total. The highest BCUT2D eigenvalue weighted by Gasteiger charge is 2.14. The van der Waals surface area contributed by atoms with Crippen LogP contribution in [-0.4, -0.2) is 13.1 Å². The fourth-order valence-electron chi connectivity index (χ4n) is 3.12. The van der Waals surface area contributed by atoms with Crippen molar-refractivity contribution in [2.45, 2.75) is 19.8 Å². The number of benzene rings is 3. The topological polar surface area (TPSA) is 26.3 Å². The van der Waals surface area contributed by atoms with Crippen molar-refractivity contribution in [2.24, 2.45) is 5.92 Å². The summed E-state index contributed by atoms with van der Waals surface area (Å²) in [6, 6.07) is 19.2. The second-order valence-corrected chi connectivity index (χ2v) is 5.89. The van der Waals surface area contributed by atoms with Crippen molar-refractivity contribution >= 4 is 27.5 Å². The fourth-order valence-corrected chi connectivity index (χ4v) is 3.12. The van der Waals surface area contributed by atoms with Crippen LogP contribution in [0.2, 0.25) is 0 Å². The molecule has 0 spiro atoms. The van der Waals surface area contributed by atoms with Crippen LogP contribution in [0.15, 0.2) is 54.6 Å². The van der Waals surface area contributed by atoms with Gasteiger partial charge in [-0.3, -0.25) is 4.79 Å². The number of methoxy groups -OCH3 is 1. The van der Waals surface area contributed by atoms with E-state index in [1.54, 1.807) is 0 Å². The van der Waals surface area contributed by atoms with Crippen LogP contribution in [0, 0.1) is 5.92 Å². The molecule has 2 nitrogen and oxygen atoms in total. The summed E-state index contributed by atoms with van der Waals surface area (Å²) in [6.07, 6.45) is 1.32. The van der Waals surface area contributed by atoms with Gasteiger partial charge < -0.3 is 4.74 Å². The smallest absolute Gasteiger partial charge is 0.305 e. The Labute approximate surface area is 130 Å². The van der Waals surface area contributed by atoms with Crippen molar-refractivity contribution in [3.05, 3.63) is 60.2 Å². The maximum atomic E-state index is 11.5. The first-order valence-electron chi connectivity index (χ1n) is 7.65. The zero-order valence-electron chi connectivity index (χ0n) is 13.0. The van der Waals surface area contributed by atoms with Crippen LogP contribution < -0.4 is 0 Å². The van der Waals surface area contributed by atoms with Gasteiger partial charge in [0.25, 0.3) is 0 Å². The van der Waals surface area contributed by atoms with E-state index in [2.05, 4.69) is 61.5 Å². The van der Waals surface area contributed by atoms with E-state index in [0.717, 1.165) is 6.42 Å². The summed E-state index contributed by atoms with van der Waals surface area (Å²) in [7, 11) is 1.45. The van der Waals surface area contributed by atoms with E-state index in [-0.39, 0.29) is 11.9 Å². The highest BCUT2D eigenvalue weighted by Crippen LogP contribution is 2.30. The Hall–Kier alpha value is -2.35. The van der Waals surface area contributed by atoms with E-state index in [1.807, 2.05) is 0 Å². The van der Waals surface area contributed by atoms with Crippen molar-refractivity contribution in [1.82, 2.24) is 0 Å². The lowest BCUT2D eigenvalue weighted by Gasteiger charge is -2.15. The third kappa shape index (κ3) is 2.82. The molecule has 0 bridgehead atoms. The highest BCUT2D eigenvalue weighted by atomic mass is 16.5. The summed E-state index contributed by atoms with van der Waals surface area (Å²) in [5.74, 6) is 0.110. The number of fused-ring (bicyclic) bond motifs is 2. The van der Waals surface area contributed by atoms with E-state index in [1.165, 1.54) is 34.2 Å². The molecule has 0 aliphatic carbocycles. The number of hydrogen-bond acceptors (Lipinski definition) is 2. The normalized spacial score (nSPS) is 12.5. The third-order valence-electron chi connectivity index (χ3n) is 4.18. The molecule has 3 rings (SSSR count). The minimum atomic E-state index is -0.142. The molecule has 3 aromatic carbocycles. The van der Waals surface area contributed by atoms with Crippen molar-refractivity contribution < 1.29 is 9.53 Å². The van der Waals surface area contributed by atoms with Crippen molar-refractivity contribution in [3.8, 4) is 0 Å². The fraction of sp³-hybridized carbons (Fsp3) is 0.250. The molecule has 0 aliphatic rings. The van der Waals surface area contributed by atoms with Gasteiger partial charge in [-0.15, -0.1) is 0 Å². The molecule has 0 heterocycles. The molecule has 0 fully saturated rings. The average Bonchev–Trinajstić information content (AvgIpc) is 2.54. The molecule has 2 heteroatoms. The van der Waals surface area contributed by atoms with Gasteiger partial charge in [-0.25, -0.2) is 0 Å². The zero-order valence-corrected chi connectivity index (χ0v) is 13.0. The summed E-state index contributed by atoms with van der Waals surface area (Å²) >= 11 is 0. The Balaban J connectivity index is 2.10. The first kappa shape index (κ1) is 14.6. The number of rotatable bonds is 4.